The lowest BCUT2D eigenvalue weighted by molar-refractivity contribution is -0.129. The van der Waals surface area contributed by atoms with Crippen molar-refractivity contribution in [1.82, 2.24) is 4.90 Å². The average Bonchev–Trinajstić information content (AvgIpc) is 2.85. The molecule has 0 aliphatic carbocycles. The Kier molecular flexibility index (Phi) is 3.22. The van der Waals surface area contributed by atoms with Crippen molar-refractivity contribution in [3.63, 3.8) is 0 Å². The number of amides is 1. The second kappa shape index (κ2) is 5.02. The molecule has 1 fully saturated rings. The van der Waals surface area contributed by atoms with Crippen LogP contribution in [-0.2, 0) is 11.2 Å². The summed E-state index contributed by atoms with van der Waals surface area (Å²) in [5.41, 5.74) is 1.03. The lowest BCUT2D eigenvalue weighted by Gasteiger charge is -2.15. The minimum absolute atomic E-state index is 0.104. The highest BCUT2D eigenvalue weighted by Crippen LogP contribution is 2.17. The maximum absolute atomic E-state index is 12.1. The molecule has 1 aliphatic heterocycles. The van der Waals surface area contributed by atoms with Gasteiger partial charge in [0.25, 0.3) is 0 Å². The van der Waals surface area contributed by atoms with Crippen molar-refractivity contribution < 1.29 is 9.90 Å². The molecule has 0 spiro atoms. The molecule has 3 rings (SSSR count). The number of aliphatic hydroxyl groups is 1. The van der Waals surface area contributed by atoms with Gasteiger partial charge in [-0.25, -0.2) is 0 Å². The van der Waals surface area contributed by atoms with Crippen LogP contribution in [-0.4, -0.2) is 35.1 Å². The number of β-amino-alcohol motifs (C(OH)–C–C–N with tert-alkyl or cyclic N) is 1. The van der Waals surface area contributed by atoms with Gasteiger partial charge in [-0.2, -0.15) is 0 Å². The van der Waals surface area contributed by atoms with Gasteiger partial charge in [-0.15, -0.1) is 0 Å². The Hall–Kier alpha value is -1.87. The van der Waals surface area contributed by atoms with E-state index in [1.165, 1.54) is 5.39 Å². The van der Waals surface area contributed by atoms with E-state index in [1.807, 2.05) is 18.2 Å². The number of rotatable bonds is 2. The summed E-state index contributed by atoms with van der Waals surface area (Å²) in [5, 5.41) is 11.8. The average molecular weight is 255 g/mol. The molecule has 98 valence electrons. The first-order chi connectivity index (χ1) is 9.22. The van der Waals surface area contributed by atoms with Gasteiger partial charge in [0.05, 0.1) is 12.5 Å². The number of nitrogens with zero attached hydrogens (tertiary/aromatic N) is 1. The number of carbonyl (C=O) groups is 1. The van der Waals surface area contributed by atoms with E-state index in [0.29, 0.717) is 25.9 Å². The zero-order valence-electron chi connectivity index (χ0n) is 10.7. The number of likely N-dealkylation sites (tertiary alicyclic amines) is 1. The molecule has 0 saturated carbocycles. The molecule has 1 aliphatic rings. The van der Waals surface area contributed by atoms with E-state index in [1.54, 1.807) is 4.90 Å². The molecule has 1 amide bonds. The van der Waals surface area contributed by atoms with Gasteiger partial charge < -0.3 is 10.0 Å². The molecule has 3 heteroatoms. The van der Waals surface area contributed by atoms with E-state index in [4.69, 9.17) is 0 Å². The molecule has 1 atom stereocenters. The Morgan fingerprint density at radius 1 is 1.21 bits per heavy atom. The smallest absolute Gasteiger partial charge is 0.227 e. The van der Waals surface area contributed by atoms with Gasteiger partial charge in [0, 0.05) is 13.1 Å². The fraction of sp³-hybridized carbons (Fsp3) is 0.312. The highest BCUT2D eigenvalue weighted by Gasteiger charge is 2.24. The zero-order valence-corrected chi connectivity index (χ0v) is 10.7. The Morgan fingerprint density at radius 3 is 2.74 bits per heavy atom. The van der Waals surface area contributed by atoms with Gasteiger partial charge in [-0.1, -0.05) is 42.5 Å². The second-order valence-electron chi connectivity index (χ2n) is 5.14. The van der Waals surface area contributed by atoms with Crippen molar-refractivity contribution >= 4 is 16.7 Å². The molecule has 1 unspecified atom stereocenters. The third kappa shape index (κ3) is 2.61. The third-order valence-corrected chi connectivity index (χ3v) is 3.69. The zero-order chi connectivity index (χ0) is 13.2. The first-order valence-corrected chi connectivity index (χ1v) is 6.66. The van der Waals surface area contributed by atoms with Crippen LogP contribution < -0.4 is 0 Å². The van der Waals surface area contributed by atoms with Crippen LogP contribution in [0.15, 0.2) is 42.5 Å². The van der Waals surface area contributed by atoms with Crippen LogP contribution in [0.2, 0.25) is 0 Å². The van der Waals surface area contributed by atoms with Crippen LogP contribution in [0.4, 0.5) is 0 Å². The lowest BCUT2D eigenvalue weighted by atomic mass is 10.0. The van der Waals surface area contributed by atoms with Crippen molar-refractivity contribution in [2.75, 3.05) is 13.1 Å². The third-order valence-electron chi connectivity index (χ3n) is 3.69. The van der Waals surface area contributed by atoms with Gasteiger partial charge in [0.1, 0.15) is 0 Å². The van der Waals surface area contributed by atoms with Crippen LogP contribution in [0.3, 0.4) is 0 Å². The second-order valence-corrected chi connectivity index (χ2v) is 5.14. The summed E-state index contributed by atoms with van der Waals surface area (Å²) in [6.07, 6.45) is 0.765. The highest BCUT2D eigenvalue weighted by atomic mass is 16.3. The van der Waals surface area contributed by atoms with E-state index < -0.39 is 0 Å². The first kappa shape index (κ1) is 12.2. The summed E-state index contributed by atoms with van der Waals surface area (Å²) in [6.45, 7) is 1.15. The molecule has 1 heterocycles. The van der Waals surface area contributed by atoms with Crippen LogP contribution in [0.25, 0.3) is 10.8 Å². The minimum atomic E-state index is -0.347. The number of aliphatic hydroxyl groups excluding tert-OH is 1. The van der Waals surface area contributed by atoms with E-state index in [-0.39, 0.29) is 12.0 Å². The Balaban J connectivity index is 1.76. The van der Waals surface area contributed by atoms with Crippen LogP contribution >= 0.6 is 0 Å². The predicted octanol–water partition coefficient (Wildman–Crippen LogP) is 1.98. The molecule has 2 aromatic carbocycles. The maximum Gasteiger partial charge on any atom is 0.227 e. The number of fused-ring (bicyclic) bond motifs is 1. The molecule has 0 bridgehead atoms. The highest BCUT2D eigenvalue weighted by molar-refractivity contribution is 5.85. The van der Waals surface area contributed by atoms with Gasteiger partial charge in [-0.3, -0.25) is 4.79 Å². The molecule has 0 radical (unpaired) electrons. The maximum atomic E-state index is 12.1. The van der Waals surface area contributed by atoms with Crippen molar-refractivity contribution in [2.24, 2.45) is 0 Å². The van der Waals surface area contributed by atoms with Gasteiger partial charge in [-0.05, 0) is 22.8 Å². The van der Waals surface area contributed by atoms with Crippen molar-refractivity contribution in [3.05, 3.63) is 48.0 Å². The SMILES string of the molecule is O=C(Cc1ccc2ccccc2c1)N1CCC(O)C1. The molecular formula is C16H17NO2. The van der Waals surface area contributed by atoms with E-state index in [9.17, 15) is 9.90 Å². The topological polar surface area (TPSA) is 40.5 Å². The van der Waals surface area contributed by atoms with Gasteiger partial charge in [0.2, 0.25) is 5.91 Å². The van der Waals surface area contributed by atoms with Gasteiger partial charge in [0.15, 0.2) is 0 Å². The summed E-state index contributed by atoms with van der Waals surface area (Å²) in [5.74, 6) is 0.104. The molecule has 2 aromatic rings. The molecule has 0 aromatic heterocycles. The number of hydrogen-bond donors (Lipinski definition) is 1. The number of benzene rings is 2. The minimum Gasteiger partial charge on any atom is -0.391 e. The van der Waals surface area contributed by atoms with Crippen molar-refractivity contribution in [1.29, 1.82) is 0 Å². The molecule has 1 N–H and O–H groups in total. The number of carbonyl (C=O) groups excluding carboxylic acids is 1. The molecule has 19 heavy (non-hydrogen) atoms. The Bertz CT molecular complexity index is 608. The van der Waals surface area contributed by atoms with Crippen LogP contribution in [0.5, 0.6) is 0 Å². The molecule has 3 nitrogen and oxygen atoms in total. The fourth-order valence-corrected chi connectivity index (χ4v) is 2.60. The lowest BCUT2D eigenvalue weighted by Crippen LogP contribution is -2.30. The fourth-order valence-electron chi connectivity index (χ4n) is 2.60. The monoisotopic (exact) mass is 255 g/mol. The predicted molar refractivity (Wildman–Crippen MR) is 74.9 cm³/mol. The van der Waals surface area contributed by atoms with Crippen molar-refractivity contribution in [2.45, 2.75) is 18.9 Å². The Labute approximate surface area is 112 Å². The van der Waals surface area contributed by atoms with Crippen molar-refractivity contribution in [3.8, 4) is 0 Å². The molecular weight excluding hydrogens is 238 g/mol. The Morgan fingerprint density at radius 2 is 2.00 bits per heavy atom. The normalized spacial score (nSPS) is 19.0. The number of hydrogen-bond acceptors (Lipinski definition) is 2. The standard InChI is InChI=1S/C16H17NO2/c18-15-7-8-17(11-15)16(19)10-12-5-6-13-3-1-2-4-14(13)9-12/h1-6,9,15,18H,7-8,10-11H2. The summed E-state index contributed by atoms with van der Waals surface area (Å²) < 4.78 is 0. The molecule has 1 saturated heterocycles. The largest absolute Gasteiger partial charge is 0.391 e. The summed E-state index contributed by atoms with van der Waals surface area (Å²) in [7, 11) is 0. The first-order valence-electron chi connectivity index (χ1n) is 6.66. The van der Waals surface area contributed by atoms with Crippen LogP contribution in [0, 0.1) is 0 Å². The van der Waals surface area contributed by atoms with Gasteiger partial charge >= 0.3 is 0 Å². The summed E-state index contributed by atoms with van der Waals surface area (Å²) >= 11 is 0. The quantitative estimate of drug-likeness (QED) is 0.891. The van der Waals surface area contributed by atoms with E-state index in [0.717, 1.165) is 10.9 Å². The van der Waals surface area contributed by atoms with E-state index in [2.05, 4.69) is 24.3 Å². The van der Waals surface area contributed by atoms with Crippen LogP contribution in [0.1, 0.15) is 12.0 Å². The summed E-state index contributed by atoms with van der Waals surface area (Å²) in [6, 6.07) is 14.3. The summed E-state index contributed by atoms with van der Waals surface area (Å²) in [4.78, 5) is 13.9. The van der Waals surface area contributed by atoms with E-state index >= 15 is 0 Å².